The Kier molecular flexibility index (Phi) is 2.05. The summed E-state index contributed by atoms with van der Waals surface area (Å²) in [5.41, 5.74) is -0.250. The van der Waals surface area contributed by atoms with Crippen LogP contribution in [0.2, 0.25) is 0 Å². The van der Waals surface area contributed by atoms with Crippen molar-refractivity contribution >= 4 is 19.0 Å². The Labute approximate surface area is 64.5 Å². The van der Waals surface area contributed by atoms with Crippen LogP contribution in [0.5, 0.6) is 0 Å². The number of carbonyl (C=O) groups is 1. The van der Waals surface area contributed by atoms with Crippen molar-refractivity contribution in [2.75, 3.05) is 13.2 Å². The number of ether oxygens (including phenoxy) is 1. The second kappa shape index (κ2) is 2.67. The maximum atomic E-state index is 10.6. The molecule has 0 spiro atoms. The largest absolute Gasteiger partial charge is 0.419 e. The summed E-state index contributed by atoms with van der Waals surface area (Å²) in [6, 6.07) is 0. The SMILES string of the molecule is CC1(NC(=O)OS)COC1. The van der Waals surface area contributed by atoms with E-state index in [1.54, 1.807) is 0 Å². The van der Waals surface area contributed by atoms with Gasteiger partial charge in [0.15, 0.2) is 0 Å². The van der Waals surface area contributed by atoms with Gasteiger partial charge >= 0.3 is 6.09 Å². The molecule has 0 unspecified atom stereocenters. The summed E-state index contributed by atoms with van der Waals surface area (Å²) in [6.45, 7) is 2.95. The van der Waals surface area contributed by atoms with Gasteiger partial charge in [0.1, 0.15) is 0 Å². The Morgan fingerprint density at radius 2 is 2.40 bits per heavy atom. The molecule has 4 nitrogen and oxygen atoms in total. The molecular formula is C5H9NO3S. The molecule has 0 atom stereocenters. The van der Waals surface area contributed by atoms with Crippen LogP contribution in [0.4, 0.5) is 4.79 Å². The smallest absolute Gasteiger partial charge is 0.378 e. The summed E-state index contributed by atoms with van der Waals surface area (Å²) in [4.78, 5) is 10.6. The van der Waals surface area contributed by atoms with Gasteiger partial charge in [-0.15, -0.1) is 0 Å². The Bertz CT molecular complexity index is 146. The van der Waals surface area contributed by atoms with Gasteiger partial charge in [-0.2, -0.15) is 0 Å². The van der Waals surface area contributed by atoms with Crippen LogP contribution in [0.3, 0.4) is 0 Å². The summed E-state index contributed by atoms with van der Waals surface area (Å²) in [5, 5.41) is 2.58. The van der Waals surface area contributed by atoms with Gasteiger partial charge in [0.2, 0.25) is 0 Å². The highest BCUT2D eigenvalue weighted by atomic mass is 32.1. The molecule has 1 rings (SSSR count). The van der Waals surface area contributed by atoms with Crippen LogP contribution in [0.25, 0.3) is 0 Å². The standard InChI is InChI=1S/C5H9NO3S/c1-5(2-8-3-5)6-4(7)9-10/h10H,2-3H2,1H3,(H,6,7). The second-order valence-corrected chi connectivity index (χ2v) is 2.74. The molecule has 10 heavy (non-hydrogen) atoms. The zero-order chi connectivity index (χ0) is 7.61. The lowest BCUT2D eigenvalue weighted by atomic mass is 10.0. The van der Waals surface area contributed by atoms with Gasteiger partial charge < -0.3 is 14.2 Å². The van der Waals surface area contributed by atoms with Gasteiger partial charge in [0, 0.05) is 12.9 Å². The van der Waals surface area contributed by atoms with Crippen LogP contribution in [0, 0.1) is 0 Å². The molecule has 1 N–H and O–H groups in total. The molecule has 1 amide bonds. The summed E-state index contributed by atoms with van der Waals surface area (Å²) in [7, 11) is 0. The zero-order valence-electron chi connectivity index (χ0n) is 5.59. The molecule has 1 heterocycles. The van der Waals surface area contributed by atoms with Crippen LogP contribution in [-0.2, 0) is 8.92 Å². The number of carbonyl (C=O) groups excluding carboxylic acids is 1. The van der Waals surface area contributed by atoms with E-state index in [1.807, 2.05) is 6.92 Å². The highest BCUT2D eigenvalue weighted by Gasteiger charge is 2.35. The number of hydrogen-bond donors (Lipinski definition) is 2. The summed E-state index contributed by atoms with van der Waals surface area (Å²) in [5.74, 6) is 0. The van der Waals surface area contributed by atoms with E-state index in [4.69, 9.17) is 4.74 Å². The lowest BCUT2D eigenvalue weighted by molar-refractivity contribution is -0.0593. The minimum Gasteiger partial charge on any atom is -0.378 e. The molecule has 58 valence electrons. The van der Waals surface area contributed by atoms with Crippen LogP contribution < -0.4 is 5.32 Å². The predicted octanol–water partition coefficient (Wildman–Crippen LogP) is 0.346. The van der Waals surface area contributed by atoms with Gasteiger partial charge in [-0.3, -0.25) is 0 Å². The molecule has 1 aliphatic heterocycles. The third-order valence-corrected chi connectivity index (χ3v) is 1.49. The molecule has 0 saturated carbocycles. The molecular weight excluding hydrogens is 154 g/mol. The Morgan fingerprint density at radius 1 is 1.80 bits per heavy atom. The first kappa shape index (κ1) is 7.68. The van der Waals surface area contributed by atoms with E-state index in [9.17, 15) is 4.79 Å². The Hall–Kier alpha value is -0.420. The van der Waals surface area contributed by atoms with E-state index < -0.39 is 6.09 Å². The Morgan fingerprint density at radius 3 is 2.70 bits per heavy atom. The number of thiol groups is 1. The van der Waals surface area contributed by atoms with Crippen LogP contribution in [0.1, 0.15) is 6.92 Å². The van der Waals surface area contributed by atoms with Crippen LogP contribution >= 0.6 is 12.9 Å². The van der Waals surface area contributed by atoms with E-state index in [-0.39, 0.29) is 5.54 Å². The third-order valence-electron chi connectivity index (χ3n) is 1.33. The molecule has 1 saturated heterocycles. The third kappa shape index (κ3) is 1.54. The molecule has 0 aromatic rings. The van der Waals surface area contributed by atoms with Gasteiger partial charge in [-0.1, -0.05) is 0 Å². The molecule has 1 fully saturated rings. The van der Waals surface area contributed by atoms with Gasteiger partial charge in [0.25, 0.3) is 0 Å². The molecule has 1 aliphatic rings. The van der Waals surface area contributed by atoms with Crippen molar-refractivity contribution in [3.05, 3.63) is 0 Å². The van der Waals surface area contributed by atoms with Crippen molar-refractivity contribution in [1.29, 1.82) is 0 Å². The maximum absolute atomic E-state index is 10.6. The van der Waals surface area contributed by atoms with E-state index in [0.29, 0.717) is 13.2 Å². The van der Waals surface area contributed by atoms with Crippen molar-refractivity contribution in [3.63, 3.8) is 0 Å². The lowest BCUT2D eigenvalue weighted by Gasteiger charge is -2.37. The lowest BCUT2D eigenvalue weighted by Crippen LogP contribution is -2.59. The summed E-state index contributed by atoms with van der Waals surface area (Å²) < 4.78 is 9.00. The first-order chi connectivity index (χ1) is 4.66. The second-order valence-electron chi connectivity index (χ2n) is 2.56. The number of amides is 1. The van der Waals surface area contributed by atoms with Crippen molar-refractivity contribution in [1.82, 2.24) is 5.32 Å². The fraction of sp³-hybridized carbons (Fsp3) is 0.800. The van der Waals surface area contributed by atoms with E-state index in [1.165, 1.54) is 0 Å². The quantitative estimate of drug-likeness (QED) is 0.433. The first-order valence-electron chi connectivity index (χ1n) is 2.88. The van der Waals surface area contributed by atoms with Crippen LogP contribution in [-0.4, -0.2) is 24.8 Å². The summed E-state index contributed by atoms with van der Waals surface area (Å²) in [6.07, 6.45) is -0.533. The van der Waals surface area contributed by atoms with Gasteiger partial charge in [-0.05, 0) is 6.92 Å². The molecule has 0 aliphatic carbocycles. The highest BCUT2D eigenvalue weighted by molar-refractivity contribution is 7.75. The first-order valence-corrected chi connectivity index (χ1v) is 3.24. The van der Waals surface area contributed by atoms with Crippen molar-refractivity contribution in [3.8, 4) is 0 Å². The highest BCUT2D eigenvalue weighted by Crippen LogP contribution is 2.15. The number of rotatable bonds is 1. The van der Waals surface area contributed by atoms with Gasteiger partial charge in [-0.25, -0.2) is 4.79 Å². The Balaban J connectivity index is 2.29. The predicted molar refractivity (Wildman–Crippen MR) is 37.8 cm³/mol. The minimum atomic E-state index is -0.533. The van der Waals surface area contributed by atoms with E-state index in [0.717, 1.165) is 0 Å². The van der Waals surface area contributed by atoms with Crippen molar-refractivity contribution in [2.24, 2.45) is 0 Å². The molecule has 0 bridgehead atoms. The number of hydrogen-bond acceptors (Lipinski definition) is 4. The average Bonchev–Trinajstić information content (AvgIpc) is 1.84. The average molecular weight is 163 g/mol. The van der Waals surface area contributed by atoms with Crippen molar-refractivity contribution in [2.45, 2.75) is 12.5 Å². The van der Waals surface area contributed by atoms with Gasteiger partial charge in [0.05, 0.1) is 18.8 Å². The van der Waals surface area contributed by atoms with E-state index >= 15 is 0 Å². The monoisotopic (exact) mass is 163 g/mol. The normalized spacial score (nSPS) is 21.0. The minimum absolute atomic E-state index is 0.250. The molecule has 0 aromatic heterocycles. The fourth-order valence-corrected chi connectivity index (χ4v) is 0.795. The number of nitrogens with one attached hydrogen (secondary N) is 1. The molecule has 0 radical (unpaired) electrons. The molecule has 0 aromatic carbocycles. The summed E-state index contributed by atoms with van der Waals surface area (Å²) >= 11 is 3.34. The topological polar surface area (TPSA) is 47.6 Å². The van der Waals surface area contributed by atoms with E-state index in [2.05, 4.69) is 22.4 Å². The zero-order valence-corrected chi connectivity index (χ0v) is 6.48. The van der Waals surface area contributed by atoms with Crippen molar-refractivity contribution < 1.29 is 13.7 Å². The maximum Gasteiger partial charge on any atom is 0.419 e. The fourth-order valence-electron chi connectivity index (χ4n) is 0.750. The van der Waals surface area contributed by atoms with Crippen LogP contribution in [0.15, 0.2) is 0 Å². The molecule has 5 heteroatoms.